The zero-order valence-electron chi connectivity index (χ0n) is 11.8. The number of hydrogen-bond acceptors (Lipinski definition) is 3. The molecule has 0 aliphatic carbocycles. The Morgan fingerprint density at radius 2 is 2.06 bits per heavy atom. The fraction of sp³-hybridized carbons (Fsp3) is 0.667. The van der Waals surface area contributed by atoms with E-state index >= 15 is 0 Å². The number of aromatic nitrogens is 1. The van der Waals surface area contributed by atoms with Crippen molar-refractivity contribution < 1.29 is 9.84 Å². The van der Waals surface area contributed by atoms with Gasteiger partial charge in [-0.1, -0.05) is 26.2 Å². The maximum Gasteiger partial charge on any atom is 0.213 e. The quantitative estimate of drug-likeness (QED) is 0.717. The molecule has 0 aliphatic rings. The lowest BCUT2D eigenvalue weighted by Crippen LogP contribution is -2.13. The Kier molecular flexibility index (Phi) is 6.73. The number of aliphatic hydroxyl groups excluding tert-OH is 1. The van der Waals surface area contributed by atoms with Crippen LogP contribution in [0.3, 0.4) is 0 Å². The normalized spacial score (nSPS) is 12.4. The van der Waals surface area contributed by atoms with Crippen LogP contribution in [0.2, 0.25) is 0 Å². The number of hydrogen-bond donors (Lipinski definition) is 1. The lowest BCUT2D eigenvalue weighted by Gasteiger charge is -2.14. The molecule has 1 aromatic rings. The van der Waals surface area contributed by atoms with Crippen LogP contribution in [0.4, 0.5) is 0 Å². The average molecular weight is 251 g/mol. The molecule has 3 nitrogen and oxygen atoms in total. The van der Waals surface area contributed by atoms with Gasteiger partial charge >= 0.3 is 0 Å². The number of aliphatic hydroxyl groups is 1. The second kappa shape index (κ2) is 8.09. The number of ether oxygens (including phenoxy) is 1. The predicted octanol–water partition coefficient (Wildman–Crippen LogP) is 3.62. The molecule has 0 aliphatic heterocycles. The van der Waals surface area contributed by atoms with Crippen LogP contribution in [0, 0.1) is 6.92 Å². The maximum atomic E-state index is 9.08. The van der Waals surface area contributed by atoms with Gasteiger partial charge in [0.05, 0.1) is 12.7 Å². The third-order valence-corrected chi connectivity index (χ3v) is 3.13. The third-order valence-electron chi connectivity index (χ3n) is 3.13. The summed E-state index contributed by atoms with van der Waals surface area (Å²) in [5.74, 6) is 0.660. The number of rotatable bonds is 8. The predicted molar refractivity (Wildman–Crippen MR) is 73.7 cm³/mol. The maximum absolute atomic E-state index is 9.08. The highest BCUT2D eigenvalue weighted by molar-refractivity contribution is 5.24. The van der Waals surface area contributed by atoms with Crippen molar-refractivity contribution in [2.45, 2.75) is 65.6 Å². The van der Waals surface area contributed by atoms with E-state index in [4.69, 9.17) is 9.84 Å². The van der Waals surface area contributed by atoms with Crippen molar-refractivity contribution in [2.24, 2.45) is 0 Å². The van der Waals surface area contributed by atoms with E-state index < -0.39 is 0 Å². The molecule has 18 heavy (non-hydrogen) atoms. The van der Waals surface area contributed by atoms with Crippen LogP contribution in [0.5, 0.6) is 5.88 Å². The summed E-state index contributed by atoms with van der Waals surface area (Å²) in [6.07, 6.45) is 6.33. The zero-order chi connectivity index (χ0) is 13.4. The van der Waals surface area contributed by atoms with Crippen molar-refractivity contribution in [2.75, 3.05) is 0 Å². The summed E-state index contributed by atoms with van der Waals surface area (Å²) < 4.78 is 5.78. The Labute approximate surface area is 110 Å². The molecule has 0 bridgehead atoms. The summed E-state index contributed by atoms with van der Waals surface area (Å²) in [5.41, 5.74) is 1.70. The van der Waals surface area contributed by atoms with Crippen molar-refractivity contribution in [1.29, 1.82) is 0 Å². The van der Waals surface area contributed by atoms with Gasteiger partial charge in [-0.05, 0) is 38.3 Å². The standard InChI is InChI=1S/C15H25NO2/c1-4-5-6-7-8-12(2)18-15-10-9-14(11-17)13(3)16-15/h9-10,12,17H,4-8,11H2,1-3H3. The Morgan fingerprint density at radius 3 is 2.67 bits per heavy atom. The first-order valence-electron chi connectivity index (χ1n) is 6.91. The van der Waals surface area contributed by atoms with Gasteiger partial charge in [0.1, 0.15) is 0 Å². The molecule has 0 radical (unpaired) electrons. The first-order chi connectivity index (χ1) is 8.67. The van der Waals surface area contributed by atoms with E-state index in [0.717, 1.165) is 17.7 Å². The lowest BCUT2D eigenvalue weighted by molar-refractivity contribution is 0.197. The molecule has 1 unspecified atom stereocenters. The molecule has 0 amide bonds. The lowest BCUT2D eigenvalue weighted by atomic mass is 10.1. The van der Waals surface area contributed by atoms with E-state index in [-0.39, 0.29) is 12.7 Å². The molecule has 102 valence electrons. The highest BCUT2D eigenvalue weighted by Crippen LogP contribution is 2.16. The van der Waals surface area contributed by atoms with E-state index in [0.29, 0.717) is 5.88 Å². The highest BCUT2D eigenvalue weighted by Gasteiger charge is 2.06. The van der Waals surface area contributed by atoms with E-state index in [2.05, 4.69) is 18.8 Å². The second-order valence-electron chi connectivity index (χ2n) is 4.83. The van der Waals surface area contributed by atoms with Crippen molar-refractivity contribution >= 4 is 0 Å². The van der Waals surface area contributed by atoms with E-state index in [1.165, 1.54) is 25.7 Å². The molecular formula is C15H25NO2. The van der Waals surface area contributed by atoms with Crippen LogP contribution < -0.4 is 4.74 Å². The molecule has 0 saturated carbocycles. The van der Waals surface area contributed by atoms with Crippen LogP contribution in [0.1, 0.15) is 57.2 Å². The van der Waals surface area contributed by atoms with E-state index in [1.807, 2.05) is 19.1 Å². The molecule has 0 saturated heterocycles. The minimum absolute atomic E-state index is 0.0334. The fourth-order valence-electron chi connectivity index (χ4n) is 1.92. The van der Waals surface area contributed by atoms with Crippen LogP contribution in [0.15, 0.2) is 12.1 Å². The minimum Gasteiger partial charge on any atom is -0.475 e. The molecule has 0 fully saturated rings. The van der Waals surface area contributed by atoms with Gasteiger partial charge in [-0.2, -0.15) is 0 Å². The van der Waals surface area contributed by atoms with Gasteiger partial charge in [-0.15, -0.1) is 0 Å². The van der Waals surface area contributed by atoms with Crippen molar-refractivity contribution in [1.82, 2.24) is 4.98 Å². The third kappa shape index (κ3) is 5.05. The van der Waals surface area contributed by atoms with Gasteiger partial charge in [0, 0.05) is 11.8 Å². The number of pyridine rings is 1. The molecule has 1 heterocycles. The van der Waals surface area contributed by atoms with Crippen LogP contribution in [-0.4, -0.2) is 16.2 Å². The van der Waals surface area contributed by atoms with Gasteiger partial charge in [-0.3, -0.25) is 0 Å². The Balaban J connectivity index is 2.39. The van der Waals surface area contributed by atoms with Crippen LogP contribution in [0.25, 0.3) is 0 Å². The molecule has 1 rings (SSSR count). The summed E-state index contributed by atoms with van der Waals surface area (Å²) in [5, 5.41) is 9.08. The van der Waals surface area contributed by atoms with Gasteiger partial charge in [0.25, 0.3) is 0 Å². The monoisotopic (exact) mass is 251 g/mol. The Hall–Kier alpha value is -1.09. The topological polar surface area (TPSA) is 42.4 Å². The Morgan fingerprint density at radius 1 is 1.28 bits per heavy atom. The van der Waals surface area contributed by atoms with Crippen molar-refractivity contribution in [3.05, 3.63) is 23.4 Å². The molecule has 1 N–H and O–H groups in total. The molecule has 3 heteroatoms. The van der Waals surface area contributed by atoms with Gasteiger partial charge < -0.3 is 9.84 Å². The number of unbranched alkanes of at least 4 members (excludes halogenated alkanes) is 3. The van der Waals surface area contributed by atoms with Crippen molar-refractivity contribution in [3.8, 4) is 5.88 Å². The number of aryl methyl sites for hydroxylation is 1. The minimum atomic E-state index is 0.0334. The van der Waals surface area contributed by atoms with Crippen LogP contribution >= 0.6 is 0 Å². The summed E-state index contributed by atoms with van der Waals surface area (Å²) >= 11 is 0. The summed E-state index contributed by atoms with van der Waals surface area (Å²) in [7, 11) is 0. The molecule has 1 aromatic heterocycles. The summed E-state index contributed by atoms with van der Waals surface area (Å²) in [6.45, 7) is 6.23. The largest absolute Gasteiger partial charge is 0.475 e. The van der Waals surface area contributed by atoms with Gasteiger partial charge in [-0.25, -0.2) is 4.98 Å². The van der Waals surface area contributed by atoms with Gasteiger partial charge in [0.2, 0.25) is 5.88 Å². The second-order valence-corrected chi connectivity index (χ2v) is 4.83. The fourth-order valence-corrected chi connectivity index (χ4v) is 1.92. The Bertz CT molecular complexity index is 352. The van der Waals surface area contributed by atoms with Crippen LogP contribution in [-0.2, 0) is 6.61 Å². The SMILES string of the molecule is CCCCCCC(C)Oc1ccc(CO)c(C)n1. The summed E-state index contributed by atoms with van der Waals surface area (Å²) in [6, 6.07) is 3.71. The molecule has 1 atom stereocenters. The first-order valence-corrected chi connectivity index (χ1v) is 6.91. The van der Waals surface area contributed by atoms with Crippen molar-refractivity contribution in [3.63, 3.8) is 0 Å². The highest BCUT2D eigenvalue weighted by atomic mass is 16.5. The first kappa shape index (κ1) is 15.0. The van der Waals surface area contributed by atoms with E-state index in [1.54, 1.807) is 0 Å². The molecule has 0 aromatic carbocycles. The number of nitrogens with zero attached hydrogens (tertiary/aromatic N) is 1. The molecular weight excluding hydrogens is 226 g/mol. The average Bonchev–Trinajstić information content (AvgIpc) is 2.35. The summed E-state index contributed by atoms with van der Waals surface area (Å²) in [4.78, 5) is 4.35. The van der Waals surface area contributed by atoms with Gasteiger partial charge in [0.15, 0.2) is 0 Å². The zero-order valence-corrected chi connectivity index (χ0v) is 11.8. The molecule has 0 spiro atoms. The smallest absolute Gasteiger partial charge is 0.213 e. The van der Waals surface area contributed by atoms with E-state index in [9.17, 15) is 0 Å².